The lowest BCUT2D eigenvalue weighted by molar-refractivity contribution is 0.241. The standard InChI is InChI=1S/C15H21FO/c1-15(2,3)8-9-17-14-7-6-12(16)10-13(14)11-4-5-11/h6-7,10-11H,4-5,8-9H2,1-3H3. The maximum absolute atomic E-state index is 13.2. The lowest BCUT2D eigenvalue weighted by Gasteiger charge is -2.19. The smallest absolute Gasteiger partial charge is 0.123 e. The molecule has 0 atom stereocenters. The molecule has 1 aliphatic carbocycles. The molecule has 1 aromatic rings. The highest BCUT2D eigenvalue weighted by Crippen LogP contribution is 2.44. The summed E-state index contributed by atoms with van der Waals surface area (Å²) in [6.45, 7) is 7.29. The van der Waals surface area contributed by atoms with Crippen molar-refractivity contribution in [2.24, 2.45) is 5.41 Å². The number of ether oxygens (including phenoxy) is 1. The highest BCUT2D eigenvalue weighted by Gasteiger charge is 2.27. The second-order valence-corrected chi connectivity index (χ2v) is 6.12. The normalized spacial score (nSPS) is 16.0. The van der Waals surface area contributed by atoms with Gasteiger partial charge in [-0.3, -0.25) is 0 Å². The largest absolute Gasteiger partial charge is 0.493 e. The van der Waals surface area contributed by atoms with Gasteiger partial charge in [-0.05, 0) is 48.8 Å². The van der Waals surface area contributed by atoms with Gasteiger partial charge in [-0.15, -0.1) is 0 Å². The molecule has 0 heterocycles. The van der Waals surface area contributed by atoms with Crippen molar-refractivity contribution in [3.63, 3.8) is 0 Å². The average Bonchev–Trinajstić information content (AvgIpc) is 3.01. The minimum atomic E-state index is -0.157. The van der Waals surface area contributed by atoms with Crippen LogP contribution in [0.1, 0.15) is 51.5 Å². The SMILES string of the molecule is CC(C)(C)CCOc1ccc(F)cc1C1CC1. The Labute approximate surface area is 103 Å². The molecule has 94 valence electrons. The highest BCUT2D eigenvalue weighted by atomic mass is 19.1. The first-order chi connectivity index (χ1) is 7.96. The molecule has 0 aromatic heterocycles. The van der Waals surface area contributed by atoms with Crippen LogP contribution in [0.2, 0.25) is 0 Å². The zero-order chi connectivity index (χ0) is 12.5. The van der Waals surface area contributed by atoms with Gasteiger partial charge in [0.25, 0.3) is 0 Å². The van der Waals surface area contributed by atoms with E-state index in [4.69, 9.17) is 4.74 Å². The Balaban J connectivity index is 2.00. The fourth-order valence-electron chi connectivity index (χ4n) is 1.83. The number of hydrogen-bond donors (Lipinski definition) is 0. The van der Waals surface area contributed by atoms with Gasteiger partial charge in [-0.2, -0.15) is 0 Å². The summed E-state index contributed by atoms with van der Waals surface area (Å²) < 4.78 is 19.0. The minimum absolute atomic E-state index is 0.157. The van der Waals surface area contributed by atoms with Crippen LogP contribution < -0.4 is 4.74 Å². The molecule has 17 heavy (non-hydrogen) atoms. The molecule has 1 aromatic carbocycles. The summed E-state index contributed by atoms with van der Waals surface area (Å²) in [6, 6.07) is 4.88. The first kappa shape index (κ1) is 12.4. The first-order valence-electron chi connectivity index (χ1n) is 6.38. The summed E-state index contributed by atoms with van der Waals surface area (Å²) in [5, 5.41) is 0. The molecule has 1 saturated carbocycles. The van der Waals surface area contributed by atoms with E-state index in [2.05, 4.69) is 20.8 Å². The summed E-state index contributed by atoms with van der Waals surface area (Å²) in [7, 11) is 0. The lowest BCUT2D eigenvalue weighted by Crippen LogP contribution is -2.11. The van der Waals surface area contributed by atoms with Gasteiger partial charge in [-0.1, -0.05) is 20.8 Å². The van der Waals surface area contributed by atoms with E-state index >= 15 is 0 Å². The summed E-state index contributed by atoms with van der Waals surface area (Å²) >= 11 is 0. The number of benzene rings is 1. The van der Waals surface area contributed by atoms with Crippen molar-refractivity contribution in [2.45, 2.75) is 46.0 Å². The van der Waals surface area contributed by atoms with E-state index in [0.29, 0.717) is 12.5 Å². The maximum atomic E-state index is 13.2. The van der Waals surface area contributed by atoms with Gasteiger partial charge in [0.1, 0.15) is 11.6 Å². The van der Waals surface area contributed by atoms with Crippen LogP contribution in [-0.4, -0.2) is 6.61 Å². The Morgan fingerprint density at radius 2 is 2.00 bits per heavy atom. The molecule has 0 bridgehead atoms. The molecule has 1 fully saturated rings. The van der Waals surface area contributed by atoms with Crippen LogP contribution in [0, 0.1) is 11.2 Å². The van der Waals surface area contributed by atoms with E-state index in [1.54, 1.807) is 12.1 Å². The number of halogens is 1. The predicted octanol–water partition coefficient (Wildman–Crippen LogP) is 4.52. The van der Waals surface area contributed by atoms with Crippen molar-refractivity contribution >= 4 is 0 Å². The number of rotatable bonds is 4. The number of hydrogen-bond acceptors (Lipinski definition) is 1. The molecule has 0 amide bonds. The van der Waals surface area contributed by atoms with E-state index in [1.165, 1.54) is 18.9 Å². The maximum Gasteiger partial charge on any atom is 0.123 e. The highest BCUT2D eigenvalue weighted by molar-refractivity contribution is 5.39. The van der Waals surface area contributed by atoms with Crippen molar-refractivity contribution in [3.8, 4) is 5.75 Å². The third-order valence-electron chi connectivity index (χ3n) is 3.10. The molecule has 1 aliphatic rings. The molecule has 2 rings (SSSR count). The summed E-state index contributed by atoms with van der Waals surface area (Å²) in [4.78, 5) is 0. The summed E-state index contributed by atoms with van der Waals surface area (Å²) in [5.74, 6) is 1.24. The van der Waals surface area contributed by atoms with Gasteiger partial charge in [0.05, 0.1) is 6.61 Å². The van der Waals surface area contributed by atoms with Crippen molar-refractivity contribution in [1.82, 2.24) is 0 Å². The third-order valence-corrected chi connectivity index (χ3v) is 3.10. The molecule has 1 nitrogen and oxygen atoms in total. The van der Waals surface area contributed by atoms with Crippen LogP contribution >= 0.6 is 0 Å². The predicted molar refractivity (Wildman–Crippen MR) is 67.9 cm³/mol. The van der Waals surface area contributed by atoms with Crippen molar-refractivity contribution in [2.75, 3.05) is 6.61 Å². The van der Waals surface area contributed by atoms with Gasteiger partial charge >= 0.3 is 0 Å². The van der Waals surface area contributed by atoms with Crippen molar-refractivity contribution < 1.29 is 9.13 Å². The van der Waals surface area contributed by atoms with Gasteiger partial charge in [-0.25, -0.2) is 4.39 Å². The summed E-state index contributed by atoms with van der Waals surface area (Å²) in [5.41, 5.74) is 1.33. The van der Waals surface area contributed by atoms with Crippen LogP contribution in [0.5, 0.6) is 5.75 Å². The zero-order valence-electron chi connectivity index (χ0n) is 10.9. The molecule has 0 aliphatic heterocycles. The zero-order valence-corrected chi connectivity index (χ0v) is 10.9. The fraction of sp³-hybridized carbons (Fsp3) is 0.600. The van der Waals surface area contributed by atoms with Crippen LogP contribution in [0.3, 0.4) is 0 Å². The van der Waals surface area contributed by atoms with E-state index in [1.807, 2.05) is 0 Å². The quantitative estimate of drug-likeness (QED) is 0.747. The Hall–Kier alpha value is -1.05. The molecule has 0 N–H and O–H groups in total. The second-order valence-electron chi connectivity index (χ2n) is 6.12. The van der Waals surface area contributed by atoms with E-state index in [9.17, 15) is 4.39 Å². The topological polar surface area (TPSA) is 9.23 Å². The van der Waals surface area contributed by atoms with Crippen LogP contribution in [0.25, 0.3) is 0 Å². The van der Waals surface area contributed by atoms with Gasteiger partial charge in [0.2, 0.25) is 0 Å². The van der Waals surface area contributed by atoms with E-state index < -0.39 is 0 Å². The second kappa shape index (κ2) is 4.67. The molecular weight excluding hydrogens is 215 g/mol. The molecule has 0 saturated heterocycles. The summed E-state index contributed by atoms with van der Waals surface area (Å²) in [6.07, 6.45) is 3.34. The Morgan fingerprint density at radius 3 is 2.59 bits per heavy atom. The monoisotopic (exact) mass is 236 g/mol. The molecular formula is C15H21FO. The van der Waals surface area contributed by atoms with Crippen LogP contribution in [0.4, 0.5) is 4.39 Å². The molecule has 2 heteroatoms. The lowest BCUT2D eigenvalue weighted by atomic mass is 9.93. The van der Waals surface area contributed by atoms with Crippen molar-refractivity contribution in [3.05, 3.63) is 29.6 Å². The van der Waals surface area contributed by atoms with Crippen LogP contribution in [0.15, 0.2) is 18.2 Å². The van der Waals surface area contributed by atoms with Gasteiger partial charge < -0.3 is 4.74 Å². The molecule has 0 radical (unpaired) electrons. The molecule has 0 spiro atoms. The average molecular weight is 236 g/mol. The van der Waals surface area contributed by atoms with Crippen molar-refractivity contribution in [1.29, 1.82) is 0 Å². The van der Waals surface area contributed by atoms with Gasteiger partial charge in [0, 0.05) is 5.56 Å². The first-order valence-corrected chi connectivity index (χ1v) is 6.38. The van der Waals surface area contributed by atoms with E-state index in [0.717, 1.165) is 17.7 Å². The van der Waals surface area contributed by atoms with Gasteiger partial charge in [0.15, 0.2) is 0 Å². The Bertz CT molecular complexity index is 388. The molecule has 0 unspecified atom stereocenters. The Kier molecular flexibility index (Phi) is 3.41. The third kappa shape index (κ3) is 3.72. The minimum Gasteiger partial charge on any atom is -0.493 e. The van der Waals surface area contributed by atoms with Crippen LogP contribution in [-0.2, 0) is 0 Å². The Morgan fingerprint density at radius 1 is 1.29 bits per heavy atom. The van der Waals surface area contributed by atoms with E-state index in [-0.39, 0.29) is 11.2 Å². The fourth-order valence-corrected chi connectivity index (χ4v) is 1.83.